The molecule has 1 aromatic rings. The monoisotopic (exact) mass is 252 g/mol. The van der Waals surface area contributed by atoms with Crippen LogP contribution in [0.3, 0.4) is 0 Å². The molecular formula is C12H16N2O4. The normalized spacial score (nSPS) is 11.7. The van der Waals surface area contributed by atoms with Gasteiger partial charge in [-0.15, -0.1) is 0 Å². The third-order valence-electron chi connectivity index (χ3n) is 2.37. The van der Waals surface area contributed by atoms with Crippen LogP contribution >= 0.6 is 0 Å². The Kier molecular flexibility index (Phi) is 4.53. The lowest BCUT2D eigenvalue weighted by Gasteiger charge is -2.16. The van der Waals surface area contributed by atoms with Crippen molar-refractivity contribution in [1.82, 2.24) is 0 Å². The summed E-state index contributed by atoms with van der Waals surface area (Å²) < 4.78 is 10.0. The molecule has 1 rings (SSSR count). The third-order valence-corrected chi connectivity index (χ3v) is 2.37. The van der Waals surface area contributed by atoms with Crippen molar-refractivity contribution < 1.29 is 19.1 Å². The second kappa shape index (κ2) is 5.90. The molecule has 0 aliphatic carbocycles. The highest BCUT2D eigenvalue weighted by atomic mass is 16.5. The van der Waals surface area contributed by atoms with Gasteiger partial charge in [-0.3, -0.25) is 4.79 Å². The summed E-state index contributed by atoms with van der Waals surface area (Å²) in [5.74, 6) is -0.955. The van der Waals surface area contributed by atoms with Crippen molar-refractivity contribution in [3.05, 3.63) is 23.8 Å². The molecule has 1 unspecified atom stereocenters. The van der Waals surface area contributed by atoms with Crippen LogP contribution in [-0.2, 0) is 9.53 Å². The van der Waals surface area contributed by atoms with Gasteiger partial charge in [-0.2, -0.15) is 0 Å². The first-order valence-corrected chi connectivity index (χ1v) is 5.43. The van der Waals surface area contributed by atoms with Crippen molar-refractivity contribution in [2.75, 3.05) is 12.8 Å². The SMILES string of the molecule is CCC(Oc1ccc(N)cc1C(=O)OC)C(N)=O. The van der Waals surface area contributed by atoms with Gasteiger partial charge in [0.2, 0.25) is 0 Å². The average molecular weight is 252 g/mol. The number of carbonyl (C=O) groups excluding carboxylic acids is 2. The molecule has 4 N–H and O–H groups in total. The molecule has 0 spiro atoms. The van der Waals surface area contributed by atoms with Crippen LogP contribution in [0, 0.1) is 0 Å². The van der Waals surface area contributed by atoms with Crippen LogP contribution in [0.5, 0.6) is 5.75 Å². The van der Waals surface area contributed by atoms with Gasteiger partial charge in [0.25, 0.3) is 5.91 Å². The molecule has 1 aromatic carbocycles. The topological polar surface area (TPSA) is 105 Å². The minimum Gasteiger partial charge on any atom is -0.480 e. The molecule has 0 saturated heterocycles. The number of nitrogen functional groups attached to an aromatic ring is 1. The standard InChI is InChI=1S/C12H16N2O4/c1-3-9(11(14)15)18-10-5-4-7(13)6-8(10)12(16)17-2/h4-6,9H,3,13H2,1-2H3,(H2,14,15). The van der Waals surface area contributed by atoms with Gasteiger partial charge >= 0.3 is 5.97 Å². The van der Waals surface area contributed by atoms with Gasteiger partial charge in [0.05, 0.1) is 7.11 Å². The Hall–Kier alpha value is -2.24. The van der Waals surface area contributed by atoms with E-state index in [1.165, 1.54) is 19.2 Å². The number of anilines is 1. The zero-order valence-electron chi connectivity index (χ0n) is 10.3. The molecule has 0 saturated carbocycles. The highest BCUT2D eigenvalue weighted by molar-refractivity contribution is 5.93. The first-order chi connectivity index (χ1) is 8.49. The van der Waals surface area contributed by atoms with Crippen molar-refractivity contribution in [3.63, 3.8) is 0 Å². The summed E-state index contributed by atoms with van der Waals surface area (Å²) in [5.41, 5.74) is 11.3. The maximum atomic E-state index is 11.6. The Balaban J connectivity index is 3.08. The molecule has 0 aromatic heterocycles. The number of esters is 1. The Labute approximate surface area is 105 Å². The van der Waals surface area contributed by atoms with E-state index >= 15 is 0 Å². The smallest absolute Gasteiger partial charge is 0.341 e. The minimum absolute atomic E-state index is 0.164. The maximum Gasteiger partial charge on any atom is 0.341 e. The number of hydrogen-bond donors (Lipinski definition) is 2. The first kappa shape index (κ1) is 13.8. The van der Waals surface area contributed by atoms with Gasteiger partial charge in [-0.1, -0.05) is 6.92 Å². The van der Waals surface area contributed by atoms with Crippen LogP contribution in [0.15, 0.2) is 18.2 Å². The predicted octanol–water partition coefficient (Wildman–Crippen LogP) is 0.698. The summed E-state index contributed by atoms with van der Waals surface area (Å²) in [5, 5.41) is 0. The van der Waals surface area contributed by atoms with Gasteiger partial charge < -0.3 is 20.9 Å². The molecular weight excluding hydrogens is 236 g/mol. The molecule has 98 valence electrons. The lowest BCUT2D eigenvalue weighted by molar-refractivity contribution is -0.124. The fourth-order valence-corrected chi connectivity index (χ4v) is 1.42. The fourth-order valence-electron chi connectivity index (χ4n) is 1.42. The second-order valence-corrected chi connectivity index (χ2v) is 3.66. The van der Waals surface area contributed by atoms with E-state index < -0.39 is 18.0 Å². The zero-order valence-corrected chi connectivity index (χ0v) is 10.3. The van der Waals surface area contributed by atoms with E-state index in [1.54, 1.807) is 13.0 Å². The van der Waals surface area contributed by atoms with E-state index in [0.29, 0.717) is 12.1 Å². The molecule has 6 nitrogen and oxygen atoms in total. The Bertz CT molecular complexity index is 459. The number of carbonyl (C=O) groups is 2. The van der Waals surface area contributed by atoms with Crippen LogP contribution in [0.4, 0.5) is 5.69 Å². The van der Waals surface area contributed by atoms with Crippen LogP contribution in [0.2, 0.25) is 0 Å². The molecule has 1 amide bonds. The predicted molar refractivity (Wildman–Crippen MR) is 66.1 cm³/mol. The lowest BCUT2D eigenvalue weighted by Crippen LogP contribution is -2.33. The number of amides is 1. The average Bonchev–Trinajstić information content (AvgIpc) is 2.35. The van der Waals surface area contributed by atoms with E-state index in [0.717, 1.165) is 0 Å². The van der Waals surface area contributed by atoms with E-state index in [2.05, 4.69) is 4.74 Å². The Morgan fingerprint density at radius 3 is 2.56 bits per heavy atom. The van der Waals surface area contributed by atoms with E-state index in [-0.39, 0.29) is 11.3 Å². The number of nitrogens with two attached hydrogens (primary N) is 2. The molecule has 0 aliphatic heterocycles. The quantitative estimate of drug-likeness (QED) is 0.592. The molecule has 1 atom stereocenters. The van der Waals surface area contributed by atoms with Crippen LogP contribution < -0.4 is 16.2 Å². The van der Waals surface area contributed by atoms with E-state index in [1.807, 2.05) is 0 Å². The van der Waals surface area contributed by atoms with E-state index in [9.17, 15) is 9.59 Å². The summed E-state index contributed by atoms with van der Waals surface area (Å²) in [6.45, 7) is 1.75. The molecule has 18 heavy (non-hydrogen) atoms. The summed E-state index contributed by atoms with van der Waals surface area (Å²) in [6.07, 6.45) is -0.391. The fraction of sp³-hybridized carbons (Fsp3) is 0.333. The summed E-state index contributed by atoms with van der Waals surface area (Å²) in [7, 11) is 1.25. The number of hydrogen-bond acceptors (Lipinski definition) is 5. The molecule has 0 radical (unpaired) electrons. The van der Waals surface area contributed by atoms with Crippen molar-refractivity contribution in [3.8, 4) is 5.75 Å². The molecule has 6 heteroatoms. The summed E-state index contributed by atoms with van der Waals surface area (Å²) in [4.78, 5) is 22.7. The number of primary amides is 1. The van der Waals surface area contributed by atoms with Crippen molar-refractivity contribution >= 4 is 17.6 Å². The summed E-state index contributed by atoms with van der Waals surface area (Å²) in [6, 6.07) is 4.50. The van der Waals surface area contributed by atoms with Crippen LogP contribution in [0.25, 0.3) is 0 Å². The number of benzene rings is 1. The number of rotatable bonds is 5. The molecule has 0 fully saturated rings. The van der Waals surface area contributed by atoms with Crippen molar-refractivity contribution in [2.24, 2.45) is 5.73 Å². The van der Waals surface area contributed by atoms with Gasteiger partial charge in [0, 0.05) is 5.69 Å². The van der Waals surface area contributed by atoms with E-state index in [4.69, 9.17) is 16.2 Å². The number of methoxy groups -OCH3 is 1. The molecule has 0 bridgehead atoms. The van der Waals surface area contributed by atoms with Crippen LogP contribution in [-0.4, -0.2) is 25.1 Å². The van der Waals surface area contributed by atoms with Crippen molar-refractivity contribution in [2.45, 2.75) is 19.4 Å². The maximum absolute atomic E-state index is 11.6. The van der Waals surface area contributed by atoms with Crippen molar-refractivity contribution in [1.29, 1.82) is 0 Å². The minimum atomic E-state index is -0.794. The first-order valence-electron chi connectivity index (χ1n) is 5.43. The lowest BCUT2D eigenvalue weighted by atomic mass is 10.1. The Morgan fingerprint density at radius 2 is 2.06 bits per heavy atom. The summed E-state index contributed by atoms with van der Waals surface area (Å²) >= 11 is 0. The number of ether oxygens (including phenoxy) is 2. The van der Waals surface area contributed by atoms with Gasteiger partial charge in [0.15, 0.2) is 6.10 Å². The van der Waals surface area contributed by atoms with Gasteiger partial charge in [-0.25, -0.2) is 4.79 Å². The molecule has 0 aliphatic rings. The van der Waals surface area contributed by atoms with Crippen LogP contribution in [0.1, 0.15) is 23.7 Å². The van der Waals surface area contributed by atoms with Gasteiger partial charge in [-0.05, 0) is 24.6 Å². The largest absolute Gasteiger partial charge is 0.480 e. The second-order valence-electron chi connectivity index (χ2n) is 3.66. The third kappa shape index (κ3) is 3.13. The highest BCUT2D eigenvalue weighted by Crippen LogP contribution is 2.23. The molecule has 0 heterocycles. The van der Waals surface area contributed by atoms with Gasteiger partial charge in [0.1, 0.15) is 11.3 Å². The zero-order chi connectivity index (χ0) is 13.7. The Morgan fingerprint density at radius 1 is 1.39 bits per heavy atom. The highest BCUT2D eigenvalue weighted by Gasteiger charge is 2.20.